The molecule has 0 radical (unpaired) electrons. The van der Waals surface area contributed by atoms with Gasteiger partial charge >= 0.3 is 18.3 Å². The van der Waals surface area contributed by atoms with Gasteiger partial charge in [-0.1, -0.05) is 0 Å². The zero-order valence-electron chi connectivity index (χ0n) is 17.2. The average Bonchev–Trinajstić information content (AvgIpc) is 3.11. The van der Waals surface area contributed by atoms with E-state index in [4.69, 9.17) is 14.6 Å². The SMILES string of the molecule is Fc1cc(F)c(COC[C@@H]2C[C@@H](S)CN2c2nccc(C(F)(F)F)n2)cc1F.O=C(O)C(F)(F)F. The number of benzene rings is 1. The molecule has 0 amide bonds. The van der Waals surface area contributed by atoms with E-state index in [-0.39, 0.29) is 30.0 Å². The predicted molar refractivity (Wildman–Crippen MR) is 105 cm³/mol. The Morgan fingerprint density at radius 1 is 1.11 bits per heavy atom. The number of anilines is 1. The van der Waals surface area contributed by atoms with Gasteiger partial charge in [-0.2, -0.15) is 39.0 Å². The van der Waals surface area contributed by atoms with Crippen molar-refractivity contribution >= 4 is 24.5 Å². The number of aliphatic carboxylic acids is 1. The molecule has 0 aliphatic carbocycles. The van der Waals surface area contributed by atoms with Crippen molar-refractivity contribution in [2.75, 3.05) is 18.1 Å². The monoisotopic (exact) mass is 537 g/mol. The maximum absolute atomic E-state index is 13.7. The number of carboxylic acid groups (broad SMARTS) is 1. The first-order valence-corrected chi connectivity index (χ1v) is 9.97. The highest BCUT2D eigenvalue weighted by Crippen LogP contribution is 2.31. The van der Waals surface area contributed by atoms with E-state index < -0.39 is 47.5 Å². The lowest BCUT2D eigenvalue weighted by Gasteiger charge is -2.25. The van der Waals surface area contributed by atoms with Crippen LogP contribution >= 0.6 is 12.6 Å². The summed E-state index contributed by atoms with van der Waals surface area (Å²) in [6.07, 6.45) is -8.19. The third-order valence-electron chi connectivity index (χ3n) is 4.48. The Labute approximate surface area is 197 Å². The van der Waals surface area contributed by atoms with Gasteiger partial charge in [0.2, 0.25) is 5.95 Å². The Morgan fingerprint density at radius 3 is 2.29 bits per heavy atom. The number of aromatic nitrogens is 2. The van der Waals surface area contributed by atoms with Crippen LogP contribution < -0.4 is 4.90 Å². The van der Waals surface area contributed by atoms with Crippen molar-refractivity contribution in [3.8, 4) is 0 Å². The molecule has 194 valence electrons. The van der Waals surface area contributed by atoms with Crippen molar-refractivity contribution in [2.24, 2.45) is 0 Å². The first kappa shape index (κ1) is 28.5. The van der Waals surface area contributed by atoms with Crippen LogP contribution in [0.15, 0.2) is 24.4 Å². The molecule has 1 fully saturated rings. The van der Waals surface area contributed by atoms with E-state index in [1.165, 1.54) is 4.90 Å². The van der Waals surface area contributed by atoms with Gasteiger partial charge in [-0.05, 0) is 18.6 Å². The molecule has 2 aromatic rings. The molecule has 3 rings (SSSR count). The molecular weight excluding hydrogens is 521 g/mol. The van der Waals surface area contributed by atoms with Crippen LogP contribution in [0.5, 0.6) is 0 Å². The second-order valence-corrected chi connectivity index (χ2v) is 7.84. The standard InChI is InChI=1S/C17H15F6N3OS.C2HF3O2/c18-12-5-14(20)13(19)3-9(12)7-27-8-10-4-11(28)6-26(10)16-24-2-1-15(25-16)17(21,22)23;3-2(4,5)1(6)7/h1-3,5,10-11,28H,4,6-8H2;(H,6,7)/t10-,11+;/m0./s1. The molecule has 6 nitrogen and oxygen atoms in total. The number of hydrogen-bond acceptors (Lipinski definition) is 6. The summed E-state index contributed by atoms with van der Waals surface area (Å²) in [4.78, 5) is 17.9. The number of rotatable bonds is 5. The van der Waals surface area contributed by atoms with Gasteiger partial charge in [-0.25, -0.2) is 27.9 Å². The highest BCUT2D eigenvalue weighted by molar-refractivity contribution is 7.81. The van der Waals surface area contributed by atoms with Gasteiger partial charge in [0, 0.05) is 29.6 Å². The second kappa shape index (κ2) is 11.3. The van der Waals surface area contributed by atoms with E-state index >= 15 is 0 Å². The molecule has 2 heterocycles. The van der Waals surface area contributed by atoms with E-state index in [0.717, 1.165) is 12.3 Å². The molecular formula is C19H16F9N3O3S. The summed E-state index contributed by atoms with van der Waals surface area (Å²) in [6, 6.07) is 1.50. The summed E-state index contributed by atoms with van der Waals surface area (Å²) < 4.78 is 116. The minimum Gasteiger partial charge on any atom is -0.475 e. The molecule has 35 heavy (non-hydrogen) atoms. The Hall–Kier alpha value is -2.75. The zero-order valence-corrected chi connectivity index (χ0v) is 18.1. The van der Waals surface area contributed by atoms with Gasteiger partial charge in [0.05, 0.1) is 19.3 Å². The van der Waals surface area contributed by atoms with E-state index in [2.05, 4.69) is 22.6 Å². The summed E-state index contributed by atoms with van der Waals surface area (Å²) >= 11 is 4.35. The number of thiol groups is 1. The van der Waals surface area contributed by atoms with Crippen LogP contribution in [-0.2, 0) is 22.3 Å². The van der Waals surface area contributed by atoms with E-state index in [9.17, 15) is 39.5 Å². The summed E-state index contributed by atoms with van der Waals surface area (Å²) in [5, 5.41) is 6.98. The van der Waals surface area contributed by atoms with Crippen LogP contribution in [0.4, 0.5) is 45.5 Å². The van der Waals surface area contributed by atoms with Crippen molar-refractivity contribution in [1.82, 2.24) is 9.97 Å². The van der Waals surface area contributed by atoms with Crippen LogP contribution in [0.25, 0.3) is 0 Å². The first-order chi connectivity index (χ1) is 16.1. The Morgan fingerprint density at radius 2 is 1.71 bits per heavy atom. The lowest BCUT2D eigenvalue weighted by atomic mass is 10.2. The summed E-state index contributed by atoms with van der Waals surface area (Å²) in [5.74, 6) is -6.32. The molecule has 16 heteroatoms. The maximum atomic E-state index is 13.7. The lowest BCUT2D eigenvalue weighted by Crippen LogP contribution is -2.35. The fraction of sp³-hybridized carbons (Fsp3) is 0.421. The molecule has 1 saturated heterocycles. The quantitative estimate of drug-likeness (QED) is 0.329. The number of halogens is 9. The normalized spacial score (nSPS) is 18.3. The van der Waals surface area contributed by atoms with Crippen molar-refractivity contribution in [2.45, 2.75) is 36.7 Å². The van der Waals surface area contributed by atoms with Crippen LogP contribution in [0.3, 0.4) is 0 Å². The number of alkyl halides is 6. The van der Waals surface area contributed by atoms with Gasteiger partial charge in [0.1, 0.15) is 11.5 Å². The molecule has 1 aromatic carbocycles. The van der Waals surface area contributed by atoms with Gasteiger partial charge in [0.15, 0.2) is 11.6 Å². The average molecular weight is 537 g/mol. The maximum Gasteiger partial charge on any atom is 0.490 e. The molecule has 0 saturated carbocycles. The third-order valence-corrected chi connectivity index (χ3v) is 4.86. The number of carboxylic acids is 1. The Bertz CT molecular complexity index is 1040. The third kappa shape index (κ3) is 8.16. The van der Waals surface area contributed by atoms with Crippen LogP contribution in [0, 0.1) is 17.5 Å². The van der Waals surface area contributed by atoms with E-state index in [1.54, 1.807) is 0 Å². The Kier molecular flexibility index (Phi) is 9.22. The molecule has 0 unspecified atom stereocenters. The first-order valence-electron chi connectivity index (χ1n) is 9.45. The summed E-state index contributed by atoms with van der Waals surface area (Å²) in [5.41, 5.74) is -1.23. The van der Waals surface area contributed by atoms with Gasteiger partial charge in [-0.15, -0.1) is 0 Å². The number of hydrogen-bond donors (Lipinski definition) is 2. The minimum atomic E-state index is -5.08. The molecule has 0 bridgehead atoms. The van der Waals surface area contributed by atoms with Crippen molar-refractivity contribution < 1.29 is 54.2 Å². The molecule has 0 spiro atoms. The van der Waals surface area contributed by atoms with Crippen LogP contribution in [-0.4, -0.2) is 51.7 Å². The van der Waals surface area contributed by atoms with Crippen molar-refractivity contribution in [1.29, 1.82) is 0 Å². The number of carbonyl (C=O) groups is 1. The molecule has 1 aromatic heterocycles. The summed E-state index contributed by atoms with van der Waals surface area (Å²) in [7, 11) is 0. The van der Waals surface area contributed by atoms with Crippen molar-refractivity contribution in [3.05, 3.63) is 53.1 Å². The van der Waals surface area contributed by atoms with Gasteiger partial charge in [0.25, 0.3) is 0 Å². The fourth-order valence-corrected chi connectivity index (χ4v) is 3.34. The minimum absolute atomic E-state index is 0.00486. The number of ether oxygens (including phenoxy) is 1. The van der Waals surface area contributed by atoms with Crippen LogP contribution in [0.1, 0.15) is 17.7 Å². The van der Waals surface area contributed by atoms with Crippen LogP contribution in [0.2, 0.25) is 0 Å². The predicted octanol–water partition coefficient (Wildman–Crippen LogP) is 4.64. The molecule has 2 atom stereocenters. The summed E-state index contributed by atoms with van der Waals surface area (Å²) in [6.45, 7) is -0.0266. The van der Waals surface area contributed by atoms with Gasteiger partial charge in [-0.3, -0.25) is 0 Å². The zero-order chi connectivity index (χ0) is 26.6. The molecule has 1 N–H and O–H groups in total. The van der Waals surface area contributed by atoms with Gasteiger partial charge < -0.3 is 14.7 Å². The smallest absolute Gasteiger partial charge is 0.475 e. The number of nitrogens with zero attached hydrogens (tertiary/aromatic N) is 3. The lowest BCUT2D eigenvalue weighted by molar-refractivity contribution is -0.192. The van der Waals surface area contributed by atoms with Crippen molar-refractivity contribution in [3.63, 3.8) is 0 Å². The highest BCUT2D eigenvalue weighted by atomic mass is 32.1. The Balaban J connectivity index is 0.000000540. The topological polar surface area (TPSA) is 75.5 Å². The fourth-order valence-electron chi connectivity index (χ4n) is 2.92. The molecule has 1 aliphatic rings. The second-order valence-electron chi connectivity index (χ2n) is 7.11. The molecule has 1 aliphatic heterocycles. The largest absolute Gasteiger partial charge is 0.490 e. The highest BCUT2D eigenvalue weighted by Gasteiger charge is 2.38. The van der Waals surface area contributed by atoms with E-state index in [0.29, 0.717) is 25.1 Å². The van der Waals surface area contributed by atoms with E-state index in [1.807, 2.05) is 0 Å².